The van der Waals surface area contributed by atoms with Crippen molar-refractivity contribution in [2.45, 2.75) is 56.8 Å². The van der Waals surface area contributed by atoms with Crippen molar-refractivity contribution in [3.63, 3.8) is 0 Å². The fourth-order valence-electron chi connectivity index (χ4n) is 4.86. The zero-order valence-corrected chi connectivity index (χ0v) is 23.6. The minimum atomic E-state index is -1.37. The number of carbonyl (C=O) groups is 5. The van der Waals surface area contributed by atoms with E-state index in [4.69, 9.17) is 11.5 Å². The van der Waals surface area contributed by atoms with Crippen molar-refractivity contribution < 1.29 is 29.1 Å². The average molecular weight is 590 g/mol. The Morgan fingerprint density at radius 1 is 0.767 bits per heavy atom. The van der Waals surface area contributed by atoms with Crippen molar-refractivity contribution in [2.24, 2.45) is 11.5 Å². The maximum atomic E-state index is 13.5. The first kappa shape index (κ1) is 30.8. The molecule has 0 aliphatic rings. The maximum absolute atomic E-state index is 13.5. The second-order valence-corrected chi connectivity index (χ2v) is 10.4. The van der Waals surface area contributed by atoms with Crippen molar-refractivity contribution in [2.75, 3.05) is 0 Å². The summed E-state index contributed by atoms with van der Waals surface area (Å²) in [4.78, 5) is 68.4. The third-order valence-corrected chi connectivity index (χ3v) is 7.23. The SMILES string of the molecule is CC(NC(=O)C(Cc1c[nH]c2ccccc12)NC(=O)C(N)Cc1c[nH]c2ccccc12)C(=O)NC(CCC(N)=O)C(=O)O. The van der Waals surface area contributed by atoms with Crippen LogP contribution in [-0.4, -0.2) is 68.8 Å². The van der Waals surface area contributed by atoms with Gasteiger partial charge in [-0.2, -0.15) is 0 Å². The van der Waals surface area contributed by atoms with Crippen molar-refractivity contribution in [1.29, 1.82) is 0 Å². The van der Waals surface area contributed by atoms with Gasteiger partial charge in [-0.05, 0) is 43.0 Å². The molecule has 4 rings (SSSR count). The zero-order valence-electron chi connectivity index (χ0n) is 23.6. The molecule has 0 aliphatic carbocycles. The van der Waals surface area contributed by atoms with Gasteiger partial charge in [0.25, 0.3) is 0 Å². The van der Waals surface area contributed by atoms with E-state index in [1.807, 2.05) is 48.5 Å². The molecular weight excluding hydrogens is 554 g/mol. The predicted molar refractivity (Wildman–Crippen MR) is 160 cm³/mol. The van der Waals surface area contributed by atoms with Crippen molar-refractivity contribution >= 4 is 51.4 Å². The second-order valence-electron chi connectivity index (χ2n) is 10.4. The number of aromatic amines is 2. The fourth-order valence-corrected chi connectivity index (χ4v) is 4.86. The number of nitrogens with two attached hydrogens (primary N) is 2. The molecule has 0 bridgehead atoms. The first-order chi connectivity index (χ1) is 20.5. The molecule has 0 spiro atoms. The number of amides is 4. The van der Waals surface area contributed by atoms with Crippen LogP contribution in [0.3, 0.4) is 0 Å². The van der Waals surface area contributed by atoms with Crippen LogP contribution in [0.15, 0.2) is 60.9 Å². The quantitative estimate of drug-likeness (QED) is 0.104. The number of H-pyrrole nitrogens is 2. The Balaban J connectivity index is 1.48. The van der Waals surface area contributed by atoms with E-state index < -0.39 is 53.8 Å². The molecule has 2 heterocycles. The molecular formula is C30H35N7O6. The monoisotopic (exact) mass is 589 g/mol. The van der Waals surface area contributed by atoms with E-state index in [1.54, 1.807) is 12.4 Å². The van der Waals surface area contributed by atoms with E-state index in [2.05, 4.69) is 25.9 Å². The Hall–Kier alpha value is -5.17. The number of aliphatic carboxylic acids is 1. The van der Waals surface area contributed by atoms with Gasteiger partial charge in [-0.1, -0.05) is 36.4 Å². The minimum absolute atomic E-state index is 0.0894. The second kappa shape index (κ2) is 13.7. The lowest BCUT2D eigenvalue weighted by Gasteiger charge is -2.23. The Kier molecular flexibility index (Phi) is 9.78. The summed E-state index contributed by atoms with van der Waals surface area (Å²) in [5, 5.41) is 18.8. The van der Waals surface area contributed by atoms with Gasteiger partial charge >= 0.3 is 5.97 Å². The molecule has 2 aromatic carbocycles. The highest BCUT2D eigenvalue weighted by Gasteiger charge is 2.29. The maximum Gasteiger partial charge on any atom is 0.326 e. The third-order valence-electron chi connectivity index (χ3n) is 7.23. The number of primary amides is 1. The predicted octanol–water partition coefficient (Wildman–Crippen LogP) is 0.586. The first-order valence-corrected chi connectivity index (χ1v) is 13.8. The number of fused-ring (bicyclic) bond motifs is 2. The number of aromatic nitrogens is 2. The van der Waals surface area contributed by atoms with Gasteiger partial charge in [0.1, 0.15) is 18.1 Å². The standard InChI is InChI=1S/C30H35N7O6/c1-16(27(39)36-24(30(42)43)10-11-26(32)38)35-29(41)25(13-18-15-34-23-9-5-3-7-20(18)23)37-28(40)21(31)12-17-14-33-22-8-4-2-6-19(17)22/h2-9,14-16,21,24-25,33-34H,10-13,31H2,1H3,(H2,32,38)(H,35,41)(H,36,39)(H,37,40)(H,42,43). The summed E-state index contributed by atoms with van der Waals surface area (Å²) in [5.41, 5.74) is 14.7. The number of hydrogen-bond donors (Lipinski definition) is 8. The molecule has 10 N–H and O–H groups in total. The molecule has 2 aromatic heterocycles. The number of hydrogen-bond acceptors (Lipinski definition) is 6. The van der Waals surface area contributed by atoms with E-state index in [9.17, 15) is 29.1 Å². The number of nitrogens with one attached hydrogen (secondary N) is 5. The van der Waals surface area contributed by atoms with E-state index in [1.165, 1.54) is 6.92 Å². The number of carboxylic acids is 1. The van der Waals surface area contributed by atoms with Crippen LogP contribution in [0.5, 0.6) is 0 Å². The van der Waals surface area contributed by atoms with Crippen LogP contribution in [0.1, 0.15) is 30.9 Å². The van der Waals surface area contributed by atoms with Crippen LogP contribution in [-0.2, 0) is 36.8 Å². The van der Waals surface area contributed by atoms with E-state index in [0.717, 1.165) is 32.9 Å². The molecule has 4 amide bonds. The number of para-hydroxylation sites is 2. The Morgan fingerprint density at radius 2 is 1.30 bits per heavy atom. The van der Waals surface area contributed by atoms with Crippen LogP contribution in [0.25, 0.3) is 21.8 Å². The molecule has 4 aromatic rings. The van der Waals surface area contributed by atoms with E-state index >= 15 is 0 Å². The zero-order chi connectivity index (χ0) is 31.1. The Labute approximate surface area is 246 Å². The molecule has 4 unspecified atom stereocenters. The van der Waals surface area contributed by atoms with Gasteiger partial charge in [-0.15, -0.1) is 0 Å². The lowest BCUT2D eigenvalue weighted by molar-refractivity contribution is -0.142. The van der Waals surface area contributed by atoms with Gasteiger partial charge in [0.2, 0.25) is 23.6 Å². The smallest absolute Gasteiger partial charge is 0.326 e. The van der Waals surface area contributed by atoms with Crippen molar-refractivity contribution in [3.8, 4) is 0 Å². The Bertz CT molecular complexity index is 1640. The molecule has 0 aliphatic heterocycles. The van der Waals surface area contributed by atoms with Gasteiger partial charge in [-0.3, -0.25) is 19.2 Å². The number of benzene rings is 2. The van der Waals surface area contributed by atoms with Crippen LogP contribution in [0, 0.1) is 0 Å². The number of carbonyl (C=O) groups excluding carboxylic acids is 4. The average Bonchev–Trinajstić information content (AvgIpc) is 3.58. The first-order valence-electron chi connectivity index (χ1n) is 13.8. The van der Waals surface area contributed by atoms with Crippen LogP contribution in [0.2, 0.25) is 0 Å². The lowest BCUT2D eigenvalue weighted by Crippen LogP contribution is -2.57. The highest BCUT2D eigenvalue weighted by molar-refractivity contribution is 5.95. The third kappa shape index (κ3) is 7.77. The molecule has 226 valence electrons. The van der Waals surface area contributed by atoms with Crippen LogP contribution < -0.4 is 27.4 Å². The summed E-state index contributed by atoms with van der Waals surface area (Å²) in [6, 6.07) is 10.5. The Morgan fingerprint density at radius 3 is 1.86 bits per heavy atom. The van der Waals surface area contributed by atoms with Crippen molar-refractivity contribution in [3.05, 3.63) is 72.1 Å². The van der Waals surface area contributed by atoms with Gasteiger partial charge in [0.15, 0.2) is 0 Å². The largest absolute Gasteiger partial charge is 0.480 e. The summed E-state index contributed by atoms with van der Waals surface area (Å²) in [6.07, 6.45) is 3.40. The van der Waals surface area contributed by atoms with Gasteiger partial charge in [-0.25, -0.2) is 4.79 Å². The highest BCUT2D eigenvalue weighted by Crippen LogP contribution is 2.20. The normalized spacial score (nSPS) is 14.0. The summed E-state index contributed by atoms with van der Waals surface area (Å²) >= 11 is 0. The van der Waals surface area contributed by atoms with Gasteiger partial charge in [0.05, 0.1) is 6.04 Å². The minimum Gasteiger partial charge on any atom is -0.480 e. The highest BCUT2D eigenvalue weighted by atomic mass is 16.4. The molecule has 4 atom stereocenters. The molecule has 0 fully saturated rings. The molecule has 43 heavy (non-hydrogen) atoms. The van der Waals surface area contributed by atoms with E-state index in [0.29, 0.717) is 0 Å². The summed E-state index contributed by atoms with van der Waals surface area (Å²) in [6.45, 7) is 1.38. The lowest BCUT2D eigenvalue weighted by atomic mass is 10.0. The fraction of sp³-hybridized carbons (Fsp3) is 0.300. The number of rotatable bonds is 14. The molecule has 13 heteroatoms. The number of carboxylic acid groups (broad SMARTS) is 1. The topological polar surface area (TPSA) is 225 Å². The summed E-state index contributed by atoms with van der Waals surface area (Å²) < 4.78 is 0. The molecule has 0 radical (unpaired) electrons. The summed E-state index contributed by atoms with van der Waals surface area (Å²) in [5.74, 6) is -4.05. The van der Waals surface area contributed by atoms with E-state index in [-0.39, 0.29) is 25.7 Å². The molecule has 13 nitrogen and oxygen atoms in total. The van der Waals surface area contributed by atoms with Gasteiger partial charge < -0.3 is 42.5 Å². The van der Waals surface area contributed by atoms with Gasteiger partial charge in [0, 0.05) is 47.0 Å². The molecule has 0 saturated heterocycles. The molecule has 0 saturated carbocycles. The van der Waals surface area contributed by atoms with Crippen LogP contribution in [0.4, 0.5) is 0 Å². The summed E-state index contributed by atoms with van der Waals surface area (Å²) in [7, 11) is 0. The van der Waals surface area contributed by atoms with Crippen molar-refractivity contribution in [1.82, 2.24) is 25.9 Å². The van der Waals surface area contributed by atoms with Crippen LogP contribution >= 0.6 is 0 Å².